The van der Waals surface area contributed by atoms with Crippen molar-refractivity contribution in [1.29, 1.82) is 0 Å². The number of esters is 1. The molecule has 1 aromatic carbocycles. The van der Waals surface area contributed by atoms with Crippen molar-refractivity contribution >= 4 is 17.5 Å². The molecule has 2 atom stereocenters. The van der Waals surface area contributed by atoms with E-state index < -0.39 is 17.8 Å². The van der Waals surface area contributed by atoms with E-state index in [0.717, 1.165) is 0 Å². The van der Waals surface area contributed by atoms with Crippen LogP contribution in [-0.4, -0.2) is 24.6 Å². The Morgan fingerprint density at radius 2 is 1.65 bits per heavy atom. The fourth-order valence-electron chi connectivity index (χ4n) is 2.69. The Labute approximate surface area is 115 Å². The van der Waals surface area contributed by atoms with Gasteiger partial charge in [0.15, 0.2) is 11.6 Å². The number of ether oxygens (including phenoxy) is 1. The van der Waals surface area contributed by atoms with E-state index in [1.807, 2.05) is 0 Å². The lowest BCUT2D eigenvalue weighted by Crippen LogP contribution is -2.36. The third-order valence-corrected chi connectivity index (χ3v) is 3.71. The van der Waals surface area contributed by atoms with Gasteiger partial charge in [-0.25, -0.2) is 4.79 Å². The highest BCUT2D eigenvalue weighted by Gasteiger charge is 2.40. The second-order valence-electron chi connectivity index (χ2n) is 4.80. The molecule has 1 aromatic rings. The molecule has 2 aliphatic carbocycles. The number of rotatable bonds is 1. The van der Waals surface area contributed by atoms with Gasteiger partial charge in [-0.15, -0.1) is 0 Å². The van der Waals surface area contributed by atoms with Gasteiger partial charge in [0.2, 0.25) is 0 Å². The second-order valence-corrected chi connectivity index (χ2v) is 4.80. The smallest absolute Gasteiger partial charge is 0.337 e. The summed E-state index contributed by atoms with van der Waals surface area (Å²) >= 11 is 0. The molecule has 0 saturated carbocycles. The van der Waals surface area contributed by atoms with Crippen LogP contribution < -0.4 is 0 Å². The fraction of sp³-hybridized carbons (Fsp3) is 0.188. The average Bonchev–Trinajstić information content (AvgIpc) is 2.51. The van der Waals surface area contributed by atoms with Crippen LogP contribution in [0.5, 0.6) is 0 Å². The standard InChI is InChI=1S/C16H12O4/c1-20-16(19)9-6-7-12-13(8-9)15(18)11-5-3-2-4-10(11)14(12)17/h2-8,12-13H,1H3. The first-order valence-electron chi connectivity index (χ1n) is 6.29. The van der Waals surface area contributed by atoms with Gasteiger partial charge in [0, 0.05) is 11.1 Å². The highest BCUT2D eigenvalue weighted by Crippen LogP contribution is 2.35. The number of fused-ring (bicyclic) bond motifs is 2. The first-order valence-corrected chi connectivity index (χ1v) is 6.29. The summed E-state index contributed by atoms with van der Waals surface area (Å²) in [4.78, 5) is 36.4. The van der Waals surface area contributed by atoms with E-state index in [1.54, 1.807) is 36.4 Å². The Morgan fingerprint density at radius 3 is 2.25 bits per heavy atom. The molecule has 0 heterocycles. The molecule has 0 amide bonds. The summed E-state index contributed by atoms with van der Waals surface area (Å²) in [5.74, 6) is -1.85. The Morgan fingerprint density at radius 1 is 1.05 bits per heavy atom. The number of carbonyl (C=O) groups excluding carboxylic acids is 3. The predicted molar refractivity (Wildman–Crippen MR) is 71.3 cm³/mol. The number of carbonyl (C=O) groups is 3. The maximum atomic E-state index is 12.5. The van der Waals surface area contributed by atoms with E-state index in [1.165, 1.54) is 13.2 Å². The van der Waals surface area contributed by atoms with Crippen molar-refractivity contribution in [2.45, 2.75) is 0 Å². The molecule has 2 unspecified atom stereocenters. The Kier molecular flexibility index (Phi) is 2.86. The Balaban J connectivity index is 2.08. The lowest BCUT2D eigenvalue weighted by Gasteiger charge is -2.29. The largest absolute Gasteiger partial charge is 0.465 e. The molecule has 2 aliphatic rings. The number of benzene rings is 1. The normalized spacial score (nSPS) is 23.8. The molecule has 0 spiro atoms. The zero-order chi connectivity index (χ0) is 14.3. The number of hydrogen-bond acceptors (Lipinski definition) is 4. The summed E-state index contributed by atoms with van der Waals surface area (Å²) in [6.45, 7) is 0. The molecule has 4 nitrogen and oxygen atoms in total. The minimum atomic E-state index is -0.614. The molecular formula is C16H12O4. The van der Waals surface area contributed by atoms with Gasteiger partial charge in [-0.05, 0) is 0 Å². The van der Waals surface area contributed by atoms with Crippen molar-refractivity contribution in [2.24, 2.45) is 11.8 Å². The summed E-state index contributed by atoms with van der Waals surface area (Å²) in [5.41, 5.74) is 1.20. The fourth-order valence-corrected chi connectivity index (χ4v) is 2.69. The van der Waals surface area contributed by atoms with E-state index in [9.17, 15) is 14.4 Å². The zero-order valence-electron chi connectivity index (χ0n) is 10.8. The van der Waals surface area contributed by atoms with Gasteiger partial charge in [0.05, 0.1) is 24.5 Å². The molecule has 0 aromatic heterocycles. The third-order valence-electron chi connectivity index (χ3n) is 3.71. The van der Waals surface area contributed by atoms with Crippen LogP contribution in [0.25, 0.3) is 0 Å². The second kappa shape index (κ2) is 4.56. The van der Waals surface area contributed by atoms with Crippen LogP contribution in [0.15, 0.2) is 48.1 Å². The van der Waals surface area contributed by atoms with Gasteiger partial charge in [-0.1, -0.05) is 42.5 Å². The van der Waals surface area contributed by atoms with E-state index >= 15 is 0 Å². The van der Waals surface area contributed by atoms with Crippen molar-refractivity contribution < 1.29 is 19.1 Å². The summed E-state index contributed by atoms with van der Waals surface area (Å²) < 4.78 is 4.65. The zero-order valence-corrected chi connectivity index (χ0v) is 10.8. The van der Waals surface area contributed by atoms with Crippen LogP contribution in [-0.2, 0) is 9.53 Å². The molecule has 0 saturated heterocycles. The maximum absolute atomic E-state index is 12.5. The van der Waals surface area contributed by atoms with Gasteiger partial charge >= 0.3 is 5.97 Å². The van der Waals surface area contributed by atoms with Crippen molar-refractivity contribution in [1.82, 2.24) is 0 Å². The molecule has 4 heteroatoms. The highest BCUT2D eigenvalue weighted by molar-refractivity contribution is 6.17. The number of ketones is 2. The van der Waals surface area contributed by atoms with Gasteiger partial charge < -0.3 is 4.74 Å². The molecule has 0 radical (unpaired) electrons. The third kappa shape index (κ3) is 1.72. The van der Waals surface area contributed by atoms with E-state index in [2.05, 4.69) is 4.74 Å². The Hall–Kier alpha value is -2.49. The molecule has 0 aliphatic heterocycles. The van der Waals surface area contributed by atoms with Gasteiger partial charge in [-0.3, -0.25) is 9.59 Å². The minimum Gasteiger partial charge on any atom is -0.465 e. The van der Waals surface area contributed by atoms with E-state index in [4.69, 9.17) is 0 Å². The van der Waals surface area contributed by atoms with Gasteiger partial charge in [0.25, 0.3) is 0 Å². The van der Waals surface area contributed by atoms with Crippen molar-refractivity contribution in [3.8, 4) is 0 Å². The number of hydrogen-bond donors (Lipinski definition) is 0. The molecule has 3 rings (SSSR count). The topological polar surface area (TPSA) is 60.4 Å². The van der Waals surface area contributed by atoms with Crippen molar-refractivity contribution in [3.05, 3.63) is 59.2 Å². The first kappa shape index (κ1) is 12.5. The lowest BCUT2D eigenvalue weighted by atomic mass is 9.71. The summed E-state index contributed by atoms with van der Waals surface area (Å²) in [6.07, 6.45) is 4.70. The summed E-state index contributed by atoms with van der Waals surface area (Å²) in [5, 5.41) is 0. The van der Waals surface area contributed by atoms with Crippen molar-refractivity contribution in [3.63, 3.8) is 0 Å². The number of Topliss-reactive ketones (excluding diaryl/α,β-unsaturated/α-hetero) is 2. The van der Waals surface area contributed by atoms with Crippen molar-refractivity contribution in [2.75, 3.05) is 7.11 Å². The number of methoxy groups -OCH3 is 1. The van der Waals surface area contributed by atoms with E-state index in [-0.39, 0.29) is 11.6 Å². The average molecular weight is 268 g/mol. The SMILES string of the molecule is COC(=O)C1=CC2C(=O)c3ccccc3C(=O)C2C=C1. The predicted octanol–water partition coefficient (Wildman–Crippen LogP) is 1.97. The highest BCUT2D eigenvalue weighted by atomic mass is 16.5. The van der Waals surface area contributed by atoms with Crippen LogP contribution in [0.4, 0.5) is 0 Å². The van der Waals surface area contributed by atoms with Crippen LogP contribution in [0.3, 0.4) is 0 Å². The lowest BCUT2D eigenvalue weighted by molar-refractivity contribution is -0.135. The summed E-state index contributed by atoms with van der Waals surface area (Å²) in [6, 6.07) is 6.79. The number of allylic oxidation sites excluding steroid dienone is 2. The minimum absolute atomic E-state index is 0.0818. The quantitative estimate of drug-likeness (QED) is 0.730. The molecular weight excluding hydrogens is 256 g/mol. The molecule has 0 fully saturated rings. The van der Waals surface area contributed by atoms with Crippen LogP contribution in [0.1, 0.15) is 20.7 Å². The maximum Gasteiger partial charge on any atom is 0.337 e. The van der Waals surface area contributed by atoms with Crippen LogP contribution >= 0.6 is 0 Å². The van der Waals surface area contributed by atoms with Crippen LogP contribution in [0.2, 0.25) is 0 Å². The van der Waals surface area contributed by atoms with E-state index in [0.29, 0.717) is 16.7 Å². The summed E-state index contributed by atoms with van der Waals surface area (Å²) in [7, 11) is 1.28. The molecule has 0 N–H and O–H groups in total. The van der Waals surface area contributed by atoms with Crippen LogP contribution in [0, 0.1) is 11.8 Å². The Bertz CT molecular complexity index is 681. The van der Waals surface area contributed by atoms with Gasteiger partial charge in [0.1, 0.15) is 0 Å². The molecule has 0 bridgehead atoms. The first-order chi connectivity index (χ1) is 9.63. The molecule has 100 valence electrons. The monoisotopic (exact) mass is 268 g/mol. The van der Waals surface area contributed by atoms with Gasteiger partial charge in [-0.2, -0.15) is 0 Å². The molecule has 20 heavy (non-hydrogen) atoms.